The van der Waals surface area contributed by atoms with Crippen LogP contribution in [-0.4, -0.2) is 15.0 Å². The van der Waals surface area contributed by atoms with Gasteiger partial charge >= 0.3 is 0 Å². The lowest BCUT2D eigenvalue weighted by atomic mass is 10.1. The lowest BCUT2D eigenvalue weighted by Gasteiger charge is -2.13. The van der Waals surface area contributed by atoms with Gasteiger partial charge in [0.2, 0.25) is 0 Å². The van der Waals surface area contributed by atoms with Gasteiger partial charge in [0.1, 0.15) is 17.3 Å². The maximum Gasteiger partial charge on any atom is 0.143 e. The van der Waals surface area contributed by atoms with Crippen LogP contribution in [0.2, 0.25) is 0 Å². The number of aromatic amines is 1. The third-order valence-electron chi connectivity index (χ3n) is 5.07. The summed E-state index contributed by atoms with van der Waals surface area (Å²) >= 11 is 0. The van der Waals surface area contributed by atoms with Gasteiger partial charge in [-0.25, -0.2) is 9.97 Å². The first-order valence-corrected chi connectivity index (χ1v) is 9.26. The Labute approximate surface area is 159 Å². The van der Waals surface area contributed by atoms with Crippen molar-refractivity contribution in [3.63, 3.8) is 0 Å². The maximum absolute atomic E-state index is 4.72. The summed E-state index contributed by atoms with van der Waals surface area (Å²) in [5.74, 6) is 1.62. The summed E-state index contributed by atoms with van der Waals surface area (Å²) in [7, 11) is 0. The highest BCUT2D eigenvalue weighted by Crippen LogP contribution is 2.32. The van der Waals surface area contributed by atoms with Crippen molar-refractivity contribution in [2.24, 2.45) is 0 Å². The van der Waals surface area contributed by atoms with E-state index in [0.717, 1.165) is 34.8 Å². The number of H-pyrrole nitrogens is 1. The molecule has 136 valence electrons. The van der Waals surface area contributed by atoms with Gasteiger partial charge < -0.3 is 10.3 Å². The van der Waals surface area contributed by atoms with E-state index in [1.165, 1.54) is 27.9 Å². The van der Waals surface area contributed by atoms with Crippen LogP contribution in [0.15, 0.2) is 48.5 Å². The van der Waals surface area contributed by atoms with Crippen molar-refractivity contribution in [2.45, 2.75) is 34.1 Å². The molecule has 0 saturated heterocycles. The zero-order chi connectivity index (χ0) is 19.0. The lowest BCUT2D eigenvalue weighted by molar-refractivity contribution is 1.06. The fourth-order valence-electron chi connectivity index (χ4n) is 3.60. The van der Waals surface area contributed by atoms with E-state index >= 15 is 0 Å². The molecular weight excluding hydrogens is 332 g/mol. The molecule has 0 bridgehead atoms. The van der Waals surface area contributed by atoms with E-state index in [4.69, 9.17) is 4.98 Å². The summed E-state index contributed by atoms with van der Waals surface area (Å²) in [6.45, 7) is 8.31. The van der Waals surface area contributed by atoms with Crippen molar-refractivity contribution < 1.29 is 0 Å². The number of rotatable bonds is 4. The molecule has 4 rings (SSSR count). The van der Waals surface area contributed by atoms with Crippen LogP contribution in [0.4, 0.5) is 11.5 Å². The van der Waals surface area contributed by atoms with E-state index in [2.05, 4.69) is 78.5 Å². The van der Waals surface area contributed by atoms with Gasteiger partial charge in [-0.2, -0.15) is 0 Å². The smallest absolute Gasteiger partial charge is 0.143 e. The molecule has 0 aliphatic carbocycles. The van der Waals surface area contributed by atoms with Crippen molar-refractivity contribution >= 4 is 22.5 Å². The SMILES string of the molecule is Cc1nc(Nc2c(C)cccc2C)c2c(C)c(Cc3ccccc3)[nH]c2n1. The fourth-order valence-corrected chi connectivity index (χ4v) is 3.60. The first-order valence-electron chi connectivity index (χ1n) is 9.26. The maximum atomic E-state index is 4.72. The van der Waals surface area contributed by atoms with Crippen LogP contribution in [0.25, 0.3) is 11.0 Å². The average Bonchev–Trinajstić information content (AvgIpc) is 2.94. The first kappa shape index (κ1) is 17.3. The van der Waals surface area contributed by atoms with Crippen LogP contribution in [0.3, 0.4) is 0 Å². The second-order valence-electron chi connectivity index (χ2n) is 7.13. The minimum atomic E-state index is 0.753. The van der Waals surface area contributed by atoms with Gasteiger partial charge in [-0.15, -0.1) is 0 Å². The number of anilines is 2. The molecule has 2 aromatic heterocycles. The lowest BCUT2D eigenvalue weighted by Crippen LogP contribution is -2.01. The molecule has 0 saturated carbocycles. The van der Waals surface area contributed by atoms with Gasteiger partial charge in [-0.05, 0) is 49.9 Å². The Morgan fingerprint density at radius 2 is 1.56 bits per heavy atom. The zero-order valence-corrected chi connectivity index (χ0v) is 16.2. The van der Waals surface area contributed by atoms with Gasteiger partial charge in [0.05, 0.1) is 5.39 Å². The Morgan fingerprint density at radius 3 is 2.26 bits per heavy atom. The first-order chi connectivity index (χ1) is 13.0. The predicted octanol–water partition coefficient (Wildman–Crippen LogP) is 5.53. The second-order valence-corrected chi connectivity index (χ2v) is 7.13. The van der Waals surface area contributed by atoms with Crippen LogP contribution in [0, 0.1) is 27.7 Å². The molecule has 2 heterocycles. The molecule has 0 spiro atoms. The quantitative estimate of drug-likeness (QED) is 0.506. The number of aromatic nitrogens is 3. The van der Waals surface area contributed by atoms with Crippen molar-refractivity contribution in [1.29, 1.82) is 0 Å². The fraction of sp³-hybridized carbons (Fsp3) is 0.217. The van der Waals surface area contributed by atoms with Crippen molar-refractivity contribution in [3.8, 4) is 0 Å². The van der Waals surface area contributed by atoms with Crippen molar-refractivity contribution in [3.05, 3.63) is 82.3 Å². The molecule has 4 nitrogen and oxygen atoms in total. The number of hydrogen-bond donors (Lipinski definition) is 2. The molecule has 4 aromatic rings. The molecule has 0 aliphatic rings. The summed E-state index contributed by atoms with van der Waals surface area (Å²) in [4.78, 5) is 12.9. The molecule has 2 N–H and O–H groups in total. The number of nitrogens with one attached hydrogen (secondary N) is 2. The van der Waals surface area contributed by atoms with Gasteiger partial charge in [0.25, 0.3) is 0 Å². The number of benzene rings is 2. The van der Waals surface area contributed by atoms with Crippen LogP contribution in [0.5, 0.6) is 0 Å². The summed E-state index contributed by atoms with van der Waals surface area (Å²) in [5.41, 5.74) is 8.07. The Morgan fingerprint density at radius 1 is 0.852 bits per heavy atom. The molecule has 0 amide bonds. The summed E-state index contributed by atoms with van der Waals surface area (Å²) in [6, 6.07) is 16.8. The number of aryl methyl sites for hydroxylation is 4. The van der Waals surface area contributed by atoms with Crippen molar-refractivity contribution in [2.75, 3.05) is 5.32 Å². The monoisotopic (exact) mass is 356 g/mol. The molecule has 27 heavy (non-hydrogen) atoms. The van der Waals surface area contributed by atoms with Crippen molar-refractivity contribution in [1.82, 2.24) is 15.0 Å². The van der Waals surface area contributed by atoms with E-state index in [0.29, 0.717) is 0 Å². The van der Waals surface area contributed by atoms with E-state index in [1.54, 1.807) is 0 Å². The van der Waals surface area contributed by atoms with Crippen LogP contribution < -0.4 is 5.32 Å². The topological polar surface area (TPSA) is 53.6 Å². The Hall–Kier alpha value is -3.14. The Kier molecular flexibility index (Phi) is 4.40. The van der Waals surface area contributed by atoms with E-state index in [-0.39, 0.29) is 0 Å². The normalized spacial score (nSPS) is 11.1. The number of hydrogen-bond acceptors (Lipinski definition) is 3. The molecular formula is C23H24N4. The molecule has 0 atom stereocenters. The molecule has 0 unspecified atom stereocenters. The molecule has 2 aromatic carbocycles. The number of fused-ring (bicyclic) bond motifs is 1. The molecule has 0 fully saturated rings. The molecule has 4 heteroatoms. The van der Waals surface area contributed by atoms with Gasteiger partial charge in [-0.3, -0.25) is 0 Å². The van der Waals surface area contributed by atoms with Gasteiger partial charge in [0, 0.05) is 17.8 Å². The largest absolute Gasteiger partial charge is 0.343 e. The summed E-state index contributed by atoms with van der Waals surface area (Å²) < 4.78 is 0. The third kappa shape index (κ3) is 3.31. The van der Waals surface area contributed by atoms with Gasteiger partial charge in [0.15, 0.2) is 0 Å². The summed E-state index contributed by atoms with van der Waals surface area (Å²) in [5, 5.41) is 4.64. The van der Waals surface area contributed by atoms with Crippen LogP contribution >= 0.6 is 0 Å². The number of para-hydroxylation sites is 1. The van der Waals surface area contributed by atoms with E-state index < -0.39 is 0 Å². The molecule has 0 aliphatic heterocycles. The highest BCUT2D eigenvalue weighted by Gasteiger charge is 2.16. The van der Waals surface area contributed by atoms with Crippen LogP contribution in [-0.2, 0) is 6.42 Å². The Balaban J connectivity index is 1.81. The highest BCUT2D eigenvalue weighted by atomic mass is 15.1. The number of nitrogens with zero attached hydrogens (tertiary/aromatic N) is 2. The highest BCUT2D eigenvalue weighted by molar-refractivity contribution is 5.93. The third-order valence-corrected chi connectivity index (χ3v) is 5.07. The van der Waals surface area contributed by atoms with Gasteiger partial charge in [-0.1, -0.05) is 48.5 Å². The average molecular weight is 356 g/mol. The predicted molar refractivity (Wildman–Crippen MR) is 112 cm³/mol. The standard InChI is InChI=1S/C23H24N4/c1-14-9-8-10-15(2)21(14)27-23-20-16(3)19(13-18-11-6-5-7-12-18)26-22(20)24-17(4)25-23/h5-12H,13H2,1-4H3,(H2,24,25,26,27). The van der Waals surface area contributed by atoms with E-state index in [9.17, 15) is 0 Å². The van der Waals surface area contributed by atoms with Crippen LogP contribution in [0.1, 0.15) is 33.8 Å². The molecule has 0 radical (unpaired) electrons. The second kappa shape index (κ2) is 6.88. The summed E-state index contributed by atoms with van der Waals surface area (Å²) in [6.07, 6.45) is 0.852. The van der Waals surface area contributed by atoms with E-state index in [1.807, 2.05) is 13.0 Å². The minimum absolute atomic E-state index is 0.753. The minimum Gasteiger partial charge on any atom is -0.343 e. The Bertz CT molecular complexity index is 1090. The zero-order valence-electron chi connectivity index (χ0n) is 16.2.